The number of rotatable bonds is 5. The summed E-state index contributed by atoms with van der Waals surface area (Å²) < 4.78 is 2.05. The molecule has 2 aliphatic heterocycles. The number of hydrogen-bond donors (Lipinski definition) is 2. The van der Waals surface area contributed by atoms with Gasteiger partial charge in [-0.05, 0) is 37.6 Å². The fraction of sp³-hybridized carbons (Fsp3) is 0.480. The molecule has 3 heterocycles. The maximum atomic E-state index is 13.0. The van der Waals surface area contributed by atoms with Gasteiger partial charge >= 0.3 is 6.03 Å². The molecule has 0 atom stereocenters. The Morgan fingerprint density at radius 2 is 1.79 bits per heavy atom. The van der Waals surface area contributed by atoms with E-state index >= 15 is 0 Å². The number of primary amides is 1. The van der Waals surface area contributed by atoms with Crippen LogP contribution in [0.2, 0.25) is 0 Å². The number of hydrogen-bond acceptors (Lipinski definition) is 5. The third kappa shape index (κ3) is 4.39. The molecule has 0 unspecified atom stereocenters. The summed E-state index contributed by atoms with van der Waals surface area (Å²) in [7, 11) is 2.15. The number of nitrogens with zero attached hydrogens (tertiary/aromatic N) is 5. The number of carbonyl (C=O) groups excluding carboxylic acids is 2. The van der Waals surface area contributed by atoms with Crippen LogP contribution in [0.15, 0.2) is 24.3 Å². The Bertz CT molecular complexity index is 1140. The summed E-state index contributed by atoms with van der Waals surface area (Å²) in [6.07, 6.45) is 2.04. The van der Waals surface area contributed by atoms with Crippen molar-refractivity contribution in [3.63, 3.8) is 0 Å². The number of nitrogens with one attached hydrogen (secondary N) is 1. The summed E-state index contributed by atoms with van der Waals surface area (Å²) in [6.45, 7) is 6.53. The molecule has 9 nitrogen and oxygen atoms in total. The van der Waals surface area contributed by atoms with Gasteiger partial charge in [0.15, 0.2) is 0 Å². The normalized spacial score (nSPS) is 18.9. The Balaban J connectivity index is 1.25. The highest BCUT2D eigenvalue weighted by molar-refractivity contribution is 5.98. The van der Waals surface area contributed by atoms with E-state index in [4.69, 9.17) is 5.73 Å². The van der Waals surface area contributed by atoms with Gasteiger partial charge in [0.1, 0.15) is 6.07 Å². The number of amides is 3. The monoisotopic (exact) mass is 461 g/mol. The highest BCUT2D eigenvalue weighted by Crippen LogP contribution is 2.44. The standard InChI is InChI=1S/C25H31N7O2/c1-29-8-10-30(11-9-29)15-17-2-6-19(7-3-17)28-25(34)31-12-13-32-21(16-31)22(24(27)33)20(14-26)23(32)18-4-5-18/h2-3,6-7,18H,4-5,8-13,15-16H2,1H3,(H2,27,33)(H,28,34). The van der Waals surface area contributed by atoms with Gasteiger partial charge in [0.05, 0.1) is 23.4 Å². The Morgan fingerprint density at radius 1 is 1.09 bits per heavy atom. The number of anilines is 1. The molecule has 178 valence electrons. The number of piperazine rings is 1. The van der Waals surface area contributed by atoms with Crippen LogP contribution in [0.25, 0.3) is 0 Å². The van der Waals surface area contributed by atoms with Crippen molar-refractivity contribution >= 4 is 17.6 Å². The molecule has 1 aromatic heterocycles. The third-order valence-electron chi connectivity index (χ3n) is 7.16. The summed E-state index contributed by atoms with van der Waals surface area (Å²) in [5.74, 6) is -0.295. The minimum Gasteiger partial charge on any atom is -0.366 e. The van der Waals surface area contributed by atoms with Crippen molar-refractivity contribution in [1.29, 1.82) is 5.26 Å². The van der Waals surface area contributed by atoms with Crippen molar-refractivity contribution in [2.24, 2.45) is 5.73 Å². The van der Waals surface area contributed by atoms with Crippen molar-refractivity contribution < 1.29 is 9.59 Å². The molecule has 1 saturated carbocycles. The van der Waals surface area contributed by atoms with Crippen molar-refractivity contribution in [2.75, 3.05) is 45.1 Å². The fourth-order valence-electron chi connectivity index (χ4n) is 5.08. The molecule has 3 amide bonds. The first-order valence-corrected chi connectivity index (χ1v) is 12.0. The number of carbonyl (C=O) groups is 2. The highest BCUT2D eigenvalue weighted by atomic mass is 16.2. The molecule has 5 rings (SSSR count). The number of benzene rings is 1. The lowest BCUT2D eigenvalue weighted by atomic mass is 10.1. The van der Waals surface area contributed by atoms with Crippen molar-refractivity contribution in [3.05, 3.63) is 52.3 Å². The molecule has 2 aromatic rings. The van der Waals surface area contributed by atoms with Crippen LogP contribution >= 0.6 is 0 Å². The van der Waals surface area contributed by atoms with Gasteiger partial charge < -0.3 is 25.4 Å². The smallest absolute Gasteiger partial charge is 0.322 e. The van der Waals surface area contributed by atoms with Gasteiger partial charge in [-0.25, -0.2) is 4.79 Å². The summed E-state index contributed by atoms with van der Waals surface area (Å²) in [5.41, 5.74) is 9.87. The minimum absolute atomic E-state index is 0.221. The first-order valence-electron chi connectivity index (χ1n) is 12.0. The first kappa shape index (κ1) is 22.4. The molecule has 3 N–H and O–H groups in total. The lowest BCUT2D eigenvalue weighted by Gasteiger charge is -2.32. The average Bonchev–Trinajstić information content (AvgIpc) is 3.61. The van der Waals surface area contributed by atoms with Crippen molar-refractivity contribution in [3.8, 4) is 6.07 Å². The zero-order valence-corrected chi connectivity index (χ0v) is 19.6. The van der Waals surface area contributed by atoms with Crippen molar-refractivity contribution in [2.45, 2.75) is 38.4 Å². The van der Waals surface area contributed by atoms with Gasteiger partial charge in [-0.2, -0.15) is 5.26 Å². The molecule has 0 radical (unpaired) electrons. The summed E-state index contributed by atoms with van der Waals surface area (Å²) in [4.78, 5) is 31.7. The molecule has 9 heteroatoms. The predicted molar refractivity (Wildman–Crippen MR) is 128 cm³/mol. The van der Waals surface area contributed by atoms with Crippen LogP contribution in [0.4, 0.5) is 10.5 Å². The number of nitrogens with two attached hydrogens (primary N) is 1. The van der Waals surface area contributed by atoms with Crippen LogP contribution in [-0.2, 0) is 19.6 Å². The van der Waals surface area contributed by atoms with E-state index in [9.17, 15) is 14.9 Å². The fourth-order valence-corrected chi connectivity index (χ4v) is 5.08. The van der Waals surface area contributed by atoms with Crippen molar-refractivity contribution in [1.82, 2.24) is 19.3 Å². The van der Waals surface area contributed by atoms with E-state index in [2.05, 4.69) is 40.4 Å². The molecule has 34 heavy (non-hydrogen) atoms. The first-order chi connectivity index (χ1) is 16.4. The van der Waals surface area contributed by atoms with Crippen LogP contribution in [0, 0.1) is 11.3 Å². The zero-order valence-electron chi connectivity index (χ0n) is 19.6. The van der Waals surface area contributed by atoms with E-state index in [1.807, 2.05) is 16.7 Å². The van der Waals surface area contributed by atoms with Gasteiger partial charge in [-0.15, -0.1) is 0 Å². The van der Waals surface area contributed by atoms with E-state index in [-0.39, 0.29) is 18.1 Å². The average molecular weight is 462 g/mol. The number of urea groups is 1. The maximum Gasteiger partial charge on any atom is 0.322 e. The van der Waals surface area contributed by atoms with Gasteiger partial charge in [0, 0.05) is 63.1 Å². The van der Waals surface area contributed by atoms with E-state index in [1.165, 1.54) is 5.56 Å². The third-order valence-corrected chi connectivity index (χ3v) is 7.16. The lowest BCUT2D eigenvalue weighted by Crippen LogP contribution is -2.43. The molecule has 1 saturated heterocycles. The second-order valence-electron chi connectivity index (χ2n) is 9.61. The second-order valence-corrected chi connectivity index (χ2v) is 9.61. The van der Waals surface area contributed by atoms with Gasteiger partial charge in [-0.3, -0.25) is 9.69 Å². The predicted octanol–water partition coefficient (Wildman–Crippen LogP) is 2.13. The zero-order chi connectivity index (χ0) is 23.8. The van der Waals surface area contributed by atoms with E-state index < -0.39 is 5.91 Å². The number of likely N-dealkylation sites (N-methyl/N-ethyl adjacent to an activating group) is 1. The van der Waals surface area contributed by atoms with Gasteiger partial charge in [-0.1, -0.05) is 12.1 Å². The molecule has 1 aliphatic carbocycles. The maximum absolute atomic E-state index is 13.0. The molecular weight excluding hydrogens is 430 g/mol. The van der Waals surface area contributed by atoms with E-state index in [0.717, 1.165) is 56.9 Å². The largest absolute Gasteiger partial charge is 0.366 e. The summed E-state index contributed by atoms with van der Waals surface area (Å²) in [6, 6.07) is 9.96. The quantitative estimate of drug-likeness (QED) is 0.709. The number of nitriles is 1. The molecule has 2 fully saturated rings. The summed E-state index contributed by atoms with van der Waals surface area (Å²) in [5, 5.41) is 12.7. The Hall–Kier alpha value is -3.35. The Morgan fingerprint density at radius 3 is 2.41 bits per heavy atom. The van der Waals surface area contributed by atoms with Crippen LogP contribution in [0.1, 0.15) is 51.6 Å². The molecular formula is C25H31N7O2. The second kappa shape index (κ2) is 9.12. The van der Waals surface area contributed by atoms with Crippen LogP contribution in [0.3, 0.4) is 0 Å². The topological polar surface area (TPSA) is 111 Å². The van der Waals surface area contributed by atoms with E-state index in [1.54, 1.807) is 4.90 Å². The SMILES string of the molecule is CN1CCN(Cc2ccc(NC(=O)N3CCn4c(c(C(N)=O)c(C#N)c4C4CC4)C3)cc2)CC1. The van der Waals surface area contributed by atoms with Gasteiger partial charge in [0.2, 0.25) is 0 Å². The van der Waals surface area contributed by atoms with Gasteiger partial charge in [0.25, 0.3) is 5.91 Å². The molecule has 3 aliphatic rings. The van der Waals surface area contributed by atoms with Crippen LogP contribution in [0.5, 0.6) is 0 Å². The Kier molecular flexibility index (Phi) is 6.02. The molecule has 1 aromatic carbocycles. The van der Waals surface area contributed by atoms with Crippen LogP contribution in [-0.4, -0.2) is 71.0 Å². The lowest BCUT2D eigenvalue weighted by molar-refractivity contribution is 0.0997. The van der Waals surface area contributed by atoms with E-state index in [0.29, 0.717) is 30.3 Å². The molecule has 0 spiro atoms. The molecule has 0 bridgehead atoms. The highest BCUT2D eigenvalue weighted by Gasteiger charge is 2.37. The van der Waals surface area contributed by atoms with Crippen LogP contribution < -0.4 is 11.1 Å². The summed E-state index contributed by atoms with van der Waals surface area (Å²) >= 11 is 0. The Labute approximate surface area is 199 Å². The number of fused-ring (bicyclic) bond motifs is 1. The minimum atomic E-state index is -0.606. The number of aromatic nitrogens is 1.